The number of anilines is 1. The molecule has 1 unspecified atom stereocenters. The van der Waals surface area contributed by atoms with Gasteiger partial charge < -0.3 is 15.7 Å². The normalized spacial score (nSPS) is 11.9. The summed E-state index contributed by atoms with van der Waals surface area (Å²) in [5.41, 5.74) is 6.30. The Morgan fingerprint density at radius 3 is 2.53 bits per heavy atom. The summed E-state index contributed by atoms with van der Waals surface area (Å²) < 4.78 is 0. The number of nitrogens with two attached hydrogens (primary N) is 1. The lowest BCUT2D eigenvalue weighted by Crippen LogP contribution is -2.41. The quantitative estimate of drug-likeness (QED) is 0.812. The van der Waals surface area contributed by atoms with E-state index in [1.165, 1.54) is 23.1 Å². The van der Waals surface area contributed by atoms with Gasteiger partial charge in [-0.2, -0.15) is 0 Å². The molecule has 1 amide bonds. The minimum Gasteiger partial charge on any atom is -0.480 e. The van der Waals surface area contributed by atoms with Crippen molar-refractivity contribution in [2.24, 2.45) is 0 Å². The Morgan fingerprint density at radius 2 is 2.05 bits per heavy atom. The zero-order valence-electron chi connectivity index (χ0n) is 10.9. The van der Waals surface area contributed by atoms with Crippen molar-refractivity contribution in [1.82, 2.24) is 4.90 Å². The van der Waals surface area contributed by atoms with Crippen LogP contribution >= 0.6 is 11.6 Å². The van der Waals surface area contributed by atoms with Gasteiger partial charge in [0.15, 0.2) is 0 Å². The molecule has 0 aliphatic carbocycles. The Kier molecular flexibility index (Phi) is 5.18. The molecule has 3 N–H and O–H groups in total. The van der Waals surface area contributed by atoms with Crippen LogP contribution in [0.15, 0.2) is 18.2 Å². The van der Waals surface area contributed by atoms with Crippen LogP contribution in [0.3, 0.4) is 0 Å². The van der Waals surface area contributed by atoms with Gasteiger partial charge >= 0.3 is 5.97 Å². The van der Waals surface area contributed by atoms with Gasteiger partial charge in [0.05, 0.1) is 0 Å². The lowest BCUT2D eigenvalue weighted by atomic mass is 10.1. The second-order valence-electron chi connectivity index (χ2n) is 4.36. The Morgan fingerprint density at radius 1 is 1.42 bits per heavy atom. The number of rotatable bonds is 5. The van der Waals surface area contributed by atoms with E-state index < -0.39 is 5.97 Å². The van der Waals surface area contributed by atoms with Crippen molar-refractivity contribution in [2.75, 3.05) is 12.3 Å². The minimum atomic E-state index is -1.05. The monoisotopic (exact) mass is 284 g/mol. The summed E-state index contributed by atoms with van der Waals surface area (Å²) in [5, 5.41) is 9.24. The summed E-state index contributed by atoms with van der Waals surface area (Å²) >= 11 is 5.85. The summed E-state index contributed by atoms with van der Waals surface area (Å²) in [5.74, 6) is -1.44. The Balaban J connectivity index is 3.07. The van der Waals surface area contributed by atoms with Gasteiger partial charge in [0.1, 0.15) is 6.54 Å². The maximum Gasteiger partial charge on any atom is 0.323 e. The van der Waals surface area contributed by atoms with E-state index in [4.69, 9.17) is 22.4 Å². The topological polar surface area (TPSA) is 83.6 Å². The number of halogens is 1. The first-order chi connectivity index (χ1) is 8.85. The van der Waals surface area contributed by atoms with Crippen LogP contribution in [0.25, 0.3) is 0 Å². The summed E-state index contributed by atoms with van der Waals surface area (Å²) in [4.78, 5) is 24.5. The third-order valence-corrected chi connectivity index (χ3v) is 3.07. The van der Waals surface area contributed by atoms with Crippen LogP contribution in [0.2, 0.25) is 5.02 Å². The number of amides is 1. The van der Waals surface area contributed by atoms with Gasteiger partial charge in [0.25, 0.3) is 5.91 Å². The van der Waals surface area contributed by atoms with Gasteiger partial charge in [-0.1, -0.05) is 18.5 Å². The number of hydrogen-bond donors (Lipinski definition) is 2. The SMILES string of the molecule is CCC(C)N(CC(=O)O)C(=O)c1cc(N)cc(Cl)c1. The summed E-state index contributed by atoms with van der Waals surface area (Å²) in [7, 11) is 0. The van der Waals surface area contributed by atoms with E-state index in [0.717, 1.165) is 0 Å². The van der Waals surface area contributed by atoms with Crippen LogP contribution in [-0.4, -0.2) is 34.5 Å². The predicted octanol–water partition coefficient (Wildman–Crippen LogP) is 2.25. The Hall–Kier alpha value is -1.75. The number of carboxylic acids is 1. The molecule has 0 fully saturated rings. The van der Waals surface area contributed by atoms with Crippen molar-refractivity contribution in [2.45, 2.75) is 26.3 Å². The molecule has 0 saturated heterocycles. The highest BCUT2D eigenvalue weighted by Gasteiger charge is 2.23. The molecular weight excluding hydrogens is 268 g/mol. The summed E-state index contributed by atoms with van der Waals surface area (Å²) in [6.45, 7) is 3.34. The molecule has 0 aliphatic heterocycles. The summed E-state index contributed by atoms with van der Waals surface area (Å²) in [6.07, 6.45) is 0.662. The minimum absolute atomic E-state index is 0.177. The molecular formula is C13H17ClN2O3. The van der Waals surface area contributed by atoms with E-state index in [9.17, 15) is 9.59 Å². The molecule has 6 heteroatoms. The fourth-order valence-corrected chi connectivity index (χ4v) is 1.94. The van der Waals surface area contributed by atoms with Gasteiger partial charge in [-0.15, -0.1) is 0 Å². The number of nitrogens with zero attached hydrogens (tertiary/aromatic N) is 1. The molecule has 0 spiro atoms. The van der Waals surface area contributed by atoms with E-state index in [1.54, 1.807) is 6.92 Å². The number of nitrogen functional groups attached to an aromatic ring is 1. The first kappa shape index (κ1) is 15.3. The molecule has 0 saturated carbocycles. The first-order valence-electron chi connectivity index (χ1n) is 5.94. The third-order valence-electron chi connectivity index (χ3n) is 2.86. The van der Waals surface area contributed by atoms with E-state index in [1.807, 2.05) is 6.92 Å². The van der Waals surface area contributed by atoms with Gasteiger partial charge in [-0.3, -0.25) is 9.59 Å². The molecule has 1 aromatic rings. The smallest absolute Gasteiger partial charge is 0.323 e. The van der Waals surface area contributed by atoms with E-state index in [2.05, 4.69) is 0 Å². The lowest BCUT2D eigenvalue weighted by molar-refractivity contribution is -0.138. The number of carboxylic acid groups (broad SMARTS) is 1. The summed E-state index contributed by atoms with van der Waals surface area (Å²) in [6, 6.07) is 4.33. The van der Waals surface area contributed by atoms with Gasteiger partial charge in [-0.25, -0.2) is 0 Å². The molecule has 1 atom stereocenters. The second kappa shape index (κ2) is 6.43. The van der Waals surface area contributed by atoms with Crippen LogP contribution in [0.5, 0.6) is 0 Å². The lowest BCUT2D eigenvalue weighted by Gasteiger charge is -2.27. The fraction of sp³-hybridized carbons (Fsp3) is 0.385. The number of carbonyl (C=O) groups excluding carboxylic acids is 1. The van der Waals surface area contributed by atoms with Crippen LogP contribution in [-0.2, 0) is 4.79 Å². The van der Waals surface area contributed by atoms with Gasteiger partial charge in [-0.05, 0) is 31.5 Å². The standard InChI is InChI=1S/C13H17ClN2O3/c1-3-8(2)16(7-12(17)18)13(19)9-4-10(14)6-11(15)5-9/h4-6,8H,3,7,15H2,1-2H3,(H,17,18). The number of aliphatic carboxylic acids is 1. The van der Waals surface area contributed by atoms with Crippen molar-refractivity contribution in [1.29, 1.82) is 0 Å². The van der Waals surface area contributed by atoms with Crippen LogP contribution in [0.4, 0.5) is 5.69 Å². The van der Waals surface area contributed by atoms with E-state index in [0.29, 0.717) is 22.7 Å². The molecule has 0 radical (unpaired) electrons. The molecule has 5 nitrogen and oxygen atoms in total. The Bertz CT molecular complexity index is 471. The fourth-order valence-electron chi connectivity index (χ4n) is 1.70. The predicted molar refractivity (Wildman–Crippen MR) is 74.3 cm³/mol. The van der Waals surface area contributed by atoms with Crippen molar-refractivity contribution in [3.8, 4) is 0 Å². The molecule has 19 heavy (non-hydrogen) atoms. The third kappa shape index (κ3) is 4.13. The maximum atomic E-state index is 12.3. The molecule has 1 rings (SSSR count). The zero-order chi connectivity index (χ0) is 14.6. The number of hydrogen-bond acceptors (Lipinski definition) is 3. The second-order valence-corrected chi connectivity index (χ2v) is 4.79. The molecule has 1 aromatic carbocycles. The molecule has 0 heterocycles. The molecule has 104 valence electrons. The average molecular weight is 285 g/mol. The van der Waals surface area contributed by atoms with Crippen molar-refractivity contribution in [3.63, 3.8) is 0 Å². The molecule has 0 aromatic heterocycles. The molecule has 0 bridgehead atoms. The number of benzene rings is 1. The van der Waals surface area contributed by atoms with Gasteiger partial charge in [0, 0.05) is 22.3 Å². The van der Waals surface area contributed by atoms with Crippen LogP contribution in [0.1, 0.15) is 30.6 Å². The Labute approximate surface area is 117 Å². The van der Waals surface area contributed by atoms with Crippen molar-refractivity contribution < 1.29 is 14.7 Å². The highest BCUT2D eigenvalue weighted by atomic mass is 35.5. The largest absolute Gasteiger partial charge is 0.480 e. The maximum absolute atomic E-state index is 12.3. The average Bonchev–Trinajstić information content (AvgIpc) is 2.32. The first-order valence-corrected chi connectivity index (χ1v) is 6.31. The zero-order valence-corrected chi connectivity index (χ0v) is 11.6. The van der Waals surface area contributed by atoms with Crippen LogP contribution < -0.4 is 5.73 Å². The molecule has 0 aliphatic rings. The highest BCUT2D eigenvalue weighted by Crippen LogP contribution is 2.19. The van der Waals surface area contributed by atoms with Crippen LogP contribution in [0, 0.1) is 0 Å². The van der Waals surface area contributed by atoms with E-state index in [-0.39, 0.29) is 18.5 Å². The van der Waals surface area contributed by atoms with Gasteiger partial charge in [0.2, 0.25) is 0 Å². The highest BCUT2D eigenvalue weighted by molar-refractivity contribution is 6.31. The van der Waals surface area contributed by atoms with E-state index >= 15 is 0 Å². The van der Waals surface area contributed by atoms with Crippen molar-refractivity contribution in [3.05, 3.63) is 28.8 Å². The van der Waals surface area contributed by atoms with Crippen molar-refractivity contribution >= 4 is 29.2 Å². The number of carbonyl (C=O) groups is 2.